The van der Waals surface area contributed by atoms with Gasteiger partial charge in [0.1, 0.15) is 0 Å². The Hall–Kier alpha value is -2.49. The molecular formula is C17H19N3O. The molecule has 1 atom stereocenters. The van der Waals surface area contributed by atoms with Gasteiger partial charge in [-0.1, -0.05) is 30.3 Å². The van der Waals surface area contributed by atoms with Crippen LogP contribution in [-0.4, -0.2) is 18.5 Å². The van der Waals surface area contributed by atoms with Crippen molar-refractivity contribution >= 4 is 23.0 Å². The Morgan fingerprint density at radius 2 is 1.95 bits per heavy atom. The van der Waals surface area contributed by atoms with E-state index in [1.165, 1.54) is 5.56 Å². The number of nitrogens with two attached hydrogens (primary N) is 1. The van der Waals surface area contributed by atoms with Crippen LogP contribution in [0.4, 0.5) is 17.1 Å². The number of nitrogens with zero attached hydrogens (tertiary/aromatic N) is 1. The summed E-state index contributed by atoms with van der Waals surface area (Å²) in [6.45, 7) is 2.48. The first-order valence-corrected chi connectivity index (χ1v) is 7.14. The largest absolute Gasteiger partial charge is 0.397 e. The molecule has 4 nitrogen and oxygen atoms in total. The predicted octanol–water partition coefficient (Wildman–Crippen LogP) is 2.66. The highest BCUT2D eigenvalue weighted by atomic mass is 16.2. The summed E-state index contributed by atoms with van der Waals surface area (Å²) >= 11 is 0. The average molecular weight is 281 g/mol. The average Bonchev–Trinajstić information content (AvgIpc) is 2.78. The lowest BCUT2D eigenvalue weighted by molar-refractivity contribution is -0.115. The zero-order valence-corrected chi connectivity index (χ0v) is 12.0. The standard InChI is InChI=1S/C17H19N3O/c1-12-10-13-6-2-5-9-16(13)20(12)11-17(21)19-15-8-4-3-7-14(15)18/h2-9,12H,10-11,18H2,1H3,(H,19,21). The van der Waals surface area contributed by atoms with Gasteiger partial charge in [0, 0.05) is 11.7 Å². The number of fused-ring (bicyclic) bond motifs is 1. The summed E-state index contributed by atoms with van der Waals surface area (Å²) in [7, 11) is 0. The van der Waals surface area contributed by atoms with E-state index in [0.717, 1.165) is 12.1 Å². The van der Waals surface area contributed by atoms with E-state index >= 15 is 0 Å². The molecule has 1 heterocycles. The molecule has 1 amide bonds. The fourth-order valence-corrected chi connectivity index (χ4v) is 2.83. The first-order valence-electron chi connectivity index (χ1n) is 7.14. The number of carbonyl (C=O) groups is 1. The van der Waals surface area contributed by atoms with Gasteiger partial charge in [-0.15, -0.1) is 0 Å². The minimum Gasteiger partial charge on any atom is -0.397 e. The third kappa shape index (κ3) is 2.70. The van der Waals surface area contributed by atoms with Crippen LogP contribution in [0.1, 0.15) is 12.5 Å². The maximum absolute atomic E-state index is 12.3. The van der Waals surface area contributed by atoms with E-state index in [1.807, 2.05) is 30.3 Å². The summed E-state index contributed by atoms with van der Waals surface area (Å²) in [5.41, 5.74) is 9.56. The van der Waals surface area contributed by atoms with Crippen LogP contribution in [-0.2, 0) is 11.2 Å². The van der Waals surface area contributed by atoms with Crippen LogP contribution in [0.25, 0.3) is 0 Å². The zero-order chi connectivity index (χ0) is 14.8. The number of rotatable bonds is 3. The van der Waals surface area contributed by atoms with Crippen molar-refractivity contribution in [2.75, 3.05) is 22.5 Å². The fourth-order valence-electron chi connectivity index (χ4n) is 2.83. The van der Waals surface area contributed by atoms with E-state index in [9.17, 15) is 4.79 Å². The van der Waals surface area contributed by atoms with Crippen LogP contribution in [0.3, 0.4) is 0 Å². The molecule has 2 aromatic carbocycles. The molecule has 0 spiro atoms. The molecule has 3 N–H and O–H groups in total. The molecule has 1 aliphatic rings. The molecule has 0 aliphatic carbocycles. The van der Waals surface area contributed by atoms with E-state index in [1.54, 1.807) is 6.07 Å². The van der Waals surface area contributed by atoms with Crippen molar-refractivity contribution in [2.24, 2.45) is 0 Å². The number of anilines is 3. The number of carbonyl (C=O) groups excluding carboxylic acids is 1. The predicted molar refractivity (Wildman–Crippen MR) is 86.4 cm³/mol. The molecule has 1 unspecified atom stereocenters. The second-order valence-corrected chi connectivity index (χ2v) is 5.45. The van der Waals surface area contributed by atoms with E-state index < -0.39 is 0 Å². The Morgan fingerprint density at radius 3 is 2.76 bits per heavy atom. The molecule has 1 aliphatic heterocycles. The Kier molecular flexibility index (Phi) is 3.52. The van der Waals surface area contributed by atoms with E-state index in [2.05, 4.69) is 29.3 Å². The Balaban J connectivity index is 1.72. The van der Waals surface area contributed by atoms with Gasteiger partial charge in [0.15, 0.2) is 0 Å². The van der Waals surface area contributed by atoms with Crippen molar-refractivity contribution in [3.8, 4) is 0 Å². The minimum atomic E-state index is -0.0450. The first kappa shape index (κ1) is 13.5. The molecule has 108 valence electrons. The smallest absolute Gasteiger partial charge is 0.243 e. The number of amides is 1. The van der Waals surface area contributed by atoms with Gasteiger partial charge in [0.25, 0.3) is 0 Å². The normalized spacial score (nSPS) is 16.6. The highest BCUT2D eigenvalue weighted by Crippen LogP contribution is 2.31. The molecule has 2 aromatic rings. The second-order valence-electron chi connectivity index (χ2n) is 5.45. The third-order valence-corrected chi connectivity index (χ3v) is 3.90. The van der Waals surface area contributed by atoms with Gasteiger partial charge in [-0.05, 0) is 37.1 Å². The van der Waals surface area contributed by atoms with E-state index in [0.29, 0.717) is 24.0 Å². The molecule has 21 heavy (non-hydrogen) atoms. The van der Waals surface area contributed by atoms with Crippen molar-refractivity contribution in [2.45, 2.75) is 19.4 Å². The molecule has 0 saturated carbocycles. The quantitative estimate of drug-likeness (QED) is 0.850. The Bertz CT molecular complexity index is 669. The van der Waals surface area contributed by atoms with Gasteiger partial charge in [-0.3, -0.25) is 4.79 Å². The molecule has 0 aromatic heterocycles. The number of benzene rings is 2. The monoisotopic (exact) mass is 281 g/mol. The van der Waals surface area contributed by atoms with Gasteiger partial charge < -0.3 is 16.0 Å². The molecule has 0 bridgehead atoms. The van der Waals surface area contributed by atoms with Crippen LogP contribution in [0.2, 0.25) is 0 Å². The third-order valence-electron chi connectivity index (χ3n) is 3.90. The summed E-state index contributed by atoms with van der Waals surface area (Å²) in [5, 5.41) is 2.88. The van der Waals surface area contributed by atoms with Crippen molar-refractivity contribution in [3.63, 3.8) is 0 Å². The Labute approximate surface area is 124 Å². The number of hydrogen-bond donors (Lipinski definition) is 2. The lowest BCUT2D eigenvalue weighted by Gasteiger charge is -2.24. The molecule has 0 saturated heterocycles. The summed E-state index contributed by atoms with van der Waals surface area (Å²) < 4.78 is 0. The topological polar surface area (TPSA) is 58.4 Å². The fraction of sp³-hybridized carbons (Fsp3) is 0.235. The minimum absolute atomic E-state index is 0.0450. The number of nitrogens with one attached hydrogen (secondary N) is 1. The number of hydrogen-bond acceptors (Lipinski definition) is 3. The van der Waals surface area contributed by atoms with Crippen molar-refractivity contribution in [3.05, 3.63) is 54.1 Å². The highest BCUT2D eigenvalue weighted by molar-refractivity contribution is 5.96. The zero-order valence-electron chi connectivity index (χ0n) is 12.0. The van der Waals surface area contributed by atoms with Gasteiger partial charge in [0.05, 0.1) is 17.9 Å². The lowest BCUT2D eigenvalue weighted by Crippen LogP contribution is -2.37. The van der Waals surface area contributed by atoms with Crippen molar-refractivity contribution in [1.82, 2.24) is 0 Å². The van der Waals surface area contributed by atoms with Crippen LogP contribution in [0, 0.1) is 0 Å². The van der Waals surface area contributed by atoms with Gasteiger partial charge in [0.2, 0.25) is 5.91 Å². The Morgan fingerprint density at radius 1 is 1.24 bits per heavy atom. The molecule has 4 heteroatoms. The maximum atomic E-state index is 12.3. The van der Waals surface area contributed by atoms with Gasteiger partial charge >= 0.3 is 0 Å². The SMILES string of the molecule is CC1Cc2ccccc2N1CC(=O)Nc1ccccc1N. The summed E-state index contributed by atoms with van der Waals surface area (Å²) in [4.78, 5) is 14.4. The first-order chi connectivity index (χ1) is 10.1. The van der Waals surface area contributed by atoms with Crippen LogP contribution >= 0.6 is 0 Å². The number of para-hydroxylation sites is 3. The van der Waals surface area contributed by atoms with E-state index in [4.69, 9.17) is 5.73 Å². The van der Waals surface area contributed by atoms with Crippen LogP contribution in [0.15, 0.2) is 48.5 Å². The van der Waals surface area contributed by atoms with E-state index in [-0.39, 0.29) is 5.91 Å². The molecular weight excluding hydrogens is 262 g/mol. The van der Waals surface area contributed by atoms with Crippen molar-refractivity contribution < 1.29 is 4.79 Å². The summed E-state index contributed by atoms with van der Waals surface area (Å²) in [6.07, 6.45) is 0.983. The van der Waals surface area contributed by atoms with Crippen LogP contribution < -0.4 is 16.0 Å². The summed E-state index contributed by atoms with van der Waals surface area (Å²) in [5.74, 6) is -0.0450. The highest BCUT2D eigenvalue weighted by Gasteiger charge is 2.27. The number of nitrogen functional groups attached to an aromatic ring is 1. The second kappa shape index (κ2) is 5.48. The molecule has 3 rings (SSSR count). The van der Waals surface area contributed by atoms with Crippen LogP contribution in [0.5, 0.6) is 0 Å². The molecule has 0 fully saturated rings. The van der Waals surface area contributed by atoms with Gasteiger partial charge in [-0.2, -0.15) is 0 Å². The lowest BCUT2D eigenvalue weighted by atomic mass is 10.1. The maximum Gasteiger partial charge on any atom is 0.243 e. The molecule has 0 radical (unpaired) electrons. The summed E-state index contributed by atoms with van der Waals surface area (Å²) in [6, 6.07) is 15.9. The van der Waals surface area contributed by atoms with Gasteiger partial charge in [-0.25, -0.2) is 0 Å². The van der Waals surface area contributed by atoms with Crippen molar-refractivity contribution in [1.29, 1.82) is 0 Å².